The zero-order chi connectivity index (χ0) is 11.8. The van der Waals surface area contributed by atoms with E-state index >= 15 is 0 Å². The van der Waals surface area contributed by atoms with E-state index in [0.29, 0.717) is 11.2 Å². The lowest BCUT2D eigenvalue weighted by atomic mass is 10.5. The van der Waals surface area contributed by atoms with Crippen molar-refractivity contribution in [2.75, 3.05) is 12.8 Å². The molecule has 0 bridgehead atoms. The molecule has 2 rings (SSSR count). The molecule has 0 spiro atoms. The van der Waals surface area contributed by atoms with Crippen molar-refractivity contribution in [3.63, 3.8) is 0 Å². The van der Waals surface area contributed by atoms with Gasteiger partial charge in [0.1, 0.15) is 18.2 Å². The van der Waals surface area contributed by atoms with Crippen LogP contribution in [0.4, 0.5) is 5.82 Å². The third-order valence-corrected chi connectivity index (χ3v) is 3.10. The molecule has 0 radical (unpaired) electrons. The summed E-state index contributed by atoms with van der Waals surface area (Å²) in [6, 6.07) is 0. The molecule has 84 valence electrons. The van der Waals surface area contributed by atoms with E-state index in [2.05, 4.69) is 15.0 Å². The van der Waals surface area contributed by atoms with E-state index in [1.165, 1.54) is 19.8 Å². The lowest BCUT2D eigenvalue weighted by molar-refractivity contribution is 0.0215. The van der Waals surface area contributed by atoms with Crippen molar-refractivity contribution < 1.29 is 9.30 Å². The van der Waals surface area contributed by atoms with Gasteiger partial charge in [-0.15, -0.1) is 0 Å². The Morgan fingerprint density at radius 2 is 2.25 bits per heavy atom. The van der Waals surface area contributed by atoms with Crippen LogP contribution in [0.5, 0.6) is 0 Å². The van der Waals surface area contributed by atoms with Gasteiger partial charge < -0.3 is 10.5 Å². The van der Waals surface area contributed by atoms with Gasteiger partial charge in [-0.05, 0) is 6.92 Å². The van der Waals surface area contributed by atoms with Gasteiger partial charge >= 0.3 is 0 Å². The normalized spacial score (nSPS) is 15.4. The first-order chi connectivity index (χ1) is 7.62. The van der Waals surface area contributed by atoms with Crippen LogP contribution in [0, 0.1) is 0 Å². The second-order valence-electron chi connectivity index (χ2n) is 3.28. The van der Waals surface area contributed by atoms with Gasteiger partial charge in [-0.25, -0.2) is 15.0 Å². The molecule has 0 aliphatic rings. The van der Waals surface area contributed by atoms with E-state index in [9.17, 15) is 4.57 Å². The van der Waals surface area contributed by atoms with Crippen molar-refractivity contribution in [2.45, 2.75) is 12.4 Å². The zero-order valence-corrected chi connectivity index (χ0v) is 9.68. The van der Waals surface area contributed by atoms with E-state index in [4.69, 9.17) is 10.5 Å². The highest BCUT2D eigenvalue weighted by atomic mass is 31.1. The van der Waals surface area contributed by atoms with Crippen LogP contribution >= 0.6 is 8.46 Å². The summed E-state index contributed by atoms with van der Waals surface area (Å²) in [6.45, 7) is 1.65. The van der Waals surface area contributed by atoms with Gasteiger partial charge in [0.15, 0.2) is 11.5 Å². The minimum atomic E-state index is -1.05. The van der Waals surface area contributed by atoms with E-state index < -0.39 is 5.47 Å². The maximum atomic E-state index is 11.1. The Labute approximate surface area is 92.9 Å². The predicted octanol–water partition coefficient (Wildman–Crippen LogP) is 0.977. The summed E-state index contributed by atoms with van der Waals surface area (Å²) in [5.74, 6) is 0.282. The second kappa shape index (κ2) is 3.77. The van der Waals surface area contributed by atoms with Gasteiger partial charge in [-0.3, -0.25) is 9.13 Å². The van der Waals surface area contributed by atoms with E-state index in [0.717, 1.165) is 0 Å². The van der Waals surface area contributed by atoms with Crippen molar-refractivity contribution in [1.82, 2.24) is 19.5 Å². The Morgan fingerprint density at radius 3 is 2.88 bits per heavy atom. The Morgan fingerprint density at radius 1 is 1.50 bits per heavy atom. The monoisotopic (exact) mass is 239 g/mol. The second-order valence-corrected chi connectivity index (χ2v) is 4.29. The highest BCUT2D eigenvalue weighted by Gasteiger charge is 2.29. The highest BCUT2D eigenvalue weighted by Crippen LogP contribution is 2.32. The highest BCUT2D eigenvalue weighted by molar-refractivity contribution is 7.24. The molecule has 0 saturated heterocycles. The number of rotatable bonds is 3. The number of anilines is 1. The number of fused-ring (bicyclic) bond motifs is 1. The Kier molecular flexibility index (Phi) is 2.57. The van der Waals surface area contributed by atoms with Crippen LogP contribution in [0.2, 0.25) is 0 Å². The molecule has 0 aliphatic carbocycles. The number of imidazole rings is 1. The maximum absolute atomic E-state index is 11.1. The molecule has 16 heavy (non-hydrogen) atoms. The van der Waals surface area contributed by atoms with Crippen LogP contribution in [0.1, 0.15) is 6.92 Å². The summed E-state index contributed by atoms with van der Waals surface area (Å²) in [6.07, 6.45) is 2.80. The van der Waals surface area contributed by atoms with Crippen LogP contribution in [-0.2, 0) is 14.8 Å². The van der Waals surface area contributed by atoms with Crippen LogP contribution < -0.4 is 5.73 Å². The van der Waals surface area contributed by atoms with E-state index in [-0.39, 0.29) is 14.3 Å². The molecule has 1 unspecified atom stereocenters. The number of nitrogens with two attached hydrogens (primary N) is 1. The predicted molar refractivity (Wildman–Crippen MR) is 58.0 cm³/mol. The molecule has 8 heteroatoms. The van der Waals surface area contributed by atoms with Gasteiger partial charge in [0.05, 0.1) is 0 Å². The van der Waals surface area contributed by atoms with Gasteiger partial charge in [0.25, 0.3) is 0 Å². The molecule has 0 aromatic carbocycles. The largest absolute Gasteiger partial charge is 0.382 e. The van der Waals surface area contributed by atoms with Gasteiger partial charge in [-0.1, -0.05) is 0 Å². The summed E-state index contributed by atoms with van der Waals surface area (Å²) < 4.78 is 17.9. The summed E-state index contributed by atoms with van der Waals surface area (Å²) >= 11 is 0. The minimum Gasteiger partial charge on any atom is -0.382 e. The molecule has 2 aromatic rings. The third-order valence-electron chi connectivity index (χ3n) is 2.36. The fourth-order valence-electron chi connectivity index (χ4n) is 1.34. The molecular formula is C8H10N5O2P. The van der Waals surface area contributed by atoms with Crippen LogP contribution in [-0.4, -0.2) is 26.6 Å². The molecule has 7 nitrogen and oxygen atoms in total. The Balaban J connectivity index is 2.71. The van der Waals surface area contributed by atoms with Crippen molar-refractivity contribution in [3.05, 3.63) is 12.7 Å². The van der Waals surface area contributed by atoms with Crippen molar-refractivity contribution in [1.29, 1.82) is 0 Å². The molecule has 0 fully saturated rings. The number of methoxy groups -OCH3 is 1. The van der Waals surface area contributed by atoms with E-state index in [1.54, 1.807) is 11.5 Å². The molecule has 1 atom stereocenters. The Bertz CT molecular complexity index is 542. The van der Waals surface area contributed by atoms with Crippen LogP contribution in [0.15, 0.2) is 12.7 Å². The quantitative estimate of drug-likeness (QED) is 0.802. The summed E-state index contributed by atoms with van der Waals surface area (Å²) in [5, 5.41) is 0. The number of aromatic nitrogens is 4. The average Bonchev–Trinajstić information content (AvgIpc) is 2.74. The molecule has 2 heterocycles. The first-order valence-corrected chi connectivity index (χ1v) is 5.27. The van der Waals surface area contributed by atoms with Crippen molar-refractivity contribution >= 4 is 25.4 Å². The topological polar surface area (TPSA) is 95.9 Å². The number of hydrogen-bond acceptors (Lipinski definition) is 6. The third kappa shape index (κ3) is 1.45. The average molecular weight is 239 g/mol. The lowest BCUT2D eigenvalue weighted by Crippen LogP contribution is -2.25. The first kappa shape index (κ1) is 10.9. The van der Waals surface area contributed by atoms with Crippen LogP contribution in [0.25, 0.3) is 11.2 Å². The number of ether oxygens (including phenoxy) is 1. The summed E-state index contributed by atoms with van der Waals surface area (Å²) in [4.78, 5) is 11.9. The molecule has 0 aliphatic heterocycles. The lowest BCUT2D eigenvalue weighted by Gasteiger charge is -2.21. The molecule has 2 aromatic heterocycles. The van der Waals surface area contributed by atoms with Gasteiger partial charge in [-0.2, -0.15) is 0 Å². The summed E-state index contributed by atoms with van der Waals surface area (Å²) in [7, 11) is 1.26. The van der Waals surface area contributed by atoms with Gasteiger partial charge in [0, 0.05) is 7.11 Å². The molecule has 0 amide bonds. The zero-order valence-electron chi connectivity index (χ0n) is 8.78. The fraction of sp³-hybridized carbons (Fsp3) is 0.375. The standard InChI is InChI=1S/C8H10N5O2P/c1-8(15-2,16-14)13-4-12-5-6(9)10-3-11-7(5)13/h3-4H,1-2H3,(H2,9,10,11). The van der Waals surface area contributed by atoms with Crippen molar-refractivity contribution in [3.8, 4) is 0 Å². The molecule has 0 saturated carbocycles. The number of hydrogen-bond donors (Lipinski definition) is 1. The number of nitrogen functional groups attached to an aromatic ring is 1. The minimum absolute atomic E-state index is 0.197. The number of nitrogens with zero attached hydrogens (tertiary/aromatic N) is 4. The smallest absolute Gasteiger partial charge is 0.226 e. The van der Waals surface area contributed by atoms with Gasteiger partial charge in [0.2, 0.25) is 13.9 Å². The van der Waals surface area contributed by atoms with E-state index in [1.807, 2.05) is 0 Å². The van der Waals surface area contributed by atoms with Crippen LogP contribution in [0.3, 0.4) is 0 Å². The maximum Gasteiger partial charge on any atom is 0.226 e. The SMILES string of the molecule is COC(C)(P=O)n1cnc2c(N)ncnc21. The summed E-state index contributed by atoms with van der Waals surface area (Å²) in [5.41, 5.74) is 5.55. The molecular weight excluding hydrogens is 229 g/mol. The first-order valence-electron chi connectivity index (χ1n) is 4.46. The van der Waals surface area contributed by atoms with Crippen molar-refractivity contribution in [2.24, 2.45) is 0 Å². The molecule has 2 N–H and O–H groups in total. The Hall–Kier alpha value is -1.59. The fourth-order valence-corrected chi connectivity index (χ4v) is 1.64.